The standard InChI is InChI=1S/C7H13O5P/c1-4-9-7-12-13(8,10-5-2)11-6-3/h1H,5-7H2,2-3H3. The molecule has 0 aliphatic carbocycles. The van der Waals surface area contributed by atoms with Gasteiger partial charge in [0, 0.05) is 0 Å². The third-order valence-electron chi connectivity index (χ3n) is 0.928. The Hall–Kier alpha value is -0.530. The van der Waals surface area contributed by atoms with Gasteiger partial charge < -0.3 is 4.74 Å². The van der Waals surface area contributed by atoms with Crippen molar-refractivity contribution in [3.63, 3.8) is 0 Å². The Morgan fingerprint density at radius 2 is 1.77 bits per heavy atom. The highest BCUT2D eigenvalue weighted by Crippen LogP contribution is 2.48. The van der Waals surface area contributed by atoms with Crippen molar-refractivity contribution in [3.8, 4) is 12.5 Å². The Morgan fingerprint density at radius 1 is 1.23 bits per heavy atom. The molecule has 5 nitrogen and oxygen atoms in total. The summed E-state index contributed by atoms with van der Waals surface area (Å²) in [6, 6.07) is 0. The molecule has 0 atom stereocenters. The van der Waals surface area contributed by atoms with Crippen LogP contribution in [-0.4, -0.2) is 20.0 Å². The number of phosphoric acid groups is 1. The van der Waals surface area contributed by atoms with Gasteiger partial charge in [-0.25, -0.2) is 9.09 Å². The van der Waals surface area contributed by atoms with Gasteiger partial charge in [0.25, 0.3) is 0 Å². The first-order valence-electron chi connectivity index (χ1n) is 3.79. The van der Waals surface area contributed by atoms with Crippen molar-refractivity contribution in [1.29, 1.82) is 0 Å². The van der Waals surface area contributed by atoms with Crippen molar-refractivity contribution in [2.24, 2.45) is 0 Å². The summed E-state index contributed by atoms with van der Waals surface area (Å²) < 4.78 is 30.1. The number of rotatable bonds is 7. The quantitative estimate of drug-likeness (QED) is 0.276. The fourth-order valence-electron chi connectivity index (χ4n) is 0.553. The molecule has 76 valence electrons. The molecule has 6 heteroatoms. The minimum atomic E-state index is -3.47. The molecule has 0 saturated carbocycles. The van der Waals surface area contributed by atoms with E-state index >= 15 is 0 Å². The second-order valence-corrected chi connectivity index (χ2v) is 3.46. The van der Waals surface area contributed by atoms with Gasteiger partial charge in [-0.15, -0.1) is 0 Å². The first kappa shape index (κ1) is 12.5. The van der Waals surface area contributed by atoms with Crippen LogP contribution in [0.1, 0.15) is 13.8 Å². The van der Waals surface area contributed by atoms with Crippen LogP contribution in [-0.2, 0) is 22.9 Å². The molecule has 0 aromatic carbocycles. The monoisotopic (exact) mass is 208 g/mol. The lowest BCUT2D eigenvalue weighted by atomic mass is 10.9. The first-order valence-corrected chi connectivity index (χ1v) is 5.25. The molecular weight excluding hydrogens is 195 g/mol. The minimum absolute atomic E-state index is 0.229. The van der Waals surface area contributed by atoms with Gasteiger partial charge in [0.2, 0.25) is 6.79 Å². The molecule has 0 N–H and O–H groups in total. The molecule has 0 aromatic rings. The van der Waals surface area contributed by atoms with Crippen LogP contribution < -0.4 is 0 Å². The van der Waals surface area contributed by atoms with Crippen LogP contribution in [0, 0.1) is 12.5 Å². The fraction of sp³-hybridized carbons (Fsp3) is 0.714. The SMILES string of the molecule is C#COCOP(=O)(OCC)OCC. The van der Waals surface area contributed by atoms with Gasteiger partial charge >= 0.3 is 7.82 Å². The van der Waals surface area contributed by atoms with Crippen LogP contribution in [0.25, 0.3) is 0 Å². The molecule has 0 heterocycles. The maximum Gasteiger partial charge on any atom is 0.477 e. The van der Waals surface area contributed by atoms with Crippen molar-refractivity contribution in [3.05, 3.63) is 0 Å². The Balaban J connectivity index is 3.93. The predicted octanol–water partition coefficient (Wildman–Crippen LogP) is 1.75. The summed E-state index contributed by atoms with van der Waals surface area (Å²) in [5, 5.41) is 0. The lowest BCUT2D eigenvalue weighted by Crippen LogP contribution is -2.02. The zero-order chi connectivity index (χ0) is 10.2. The van der Waals surface area contributed by atoms with E-state index in [0.717, 1.165) is 0 Å². The van der Waals surface area contributed by atoms with Crippen LogP contribution in [0.3, 0.4) is 0 Å². The fourth-order valence-corrected chi connectivity index (χ4v) is 1.59. The highest BCUT2D eigenvalue weighted by atomic mass is 31.2. The van der Waals surface area contributed by atoms with E-state index in [1.165, 1.54) is 0 Å². The van der Waals surface area contributed by atoms with E-state index in [1.54, 1.807) is 13.8 Å². The van der Waals surface area contributed by atoms with Crippen LogP contribution in [0.5, 0.6) is 0 Å². The summed E-state index contributed by atoms with van der Waals surface area (Å²) in [7, 11) is -3.47. The Morgan fingerprint density at radius 3 is 2.15 bits per heavy atom. The molecule has 0 radical (unpaired) electrons. The van der Waals surface area contributed by atoms with Crippen LogP contribution >= 0.6 is 7.82 Å². The Bertz CT molecular complexity index is 199. The Kier molecular flexibility index (Phi) is 6.65. The molecule has 0 aliphatic heterocycles. The molecule has 0 rings (SSSR count). The van der Waals surface area contributed by atoms with E-state index in [9.17, 15) is 4.57 Å². The van der Waals surface area contributed by atoms with E-state index in [2.05, 4.69) is 4.74 Å². The van der Waals surface area contributed by atoms with E-state index in [4.69, 9.17) is 20.0 Å². The number of ether oxygens (including phenoxy) is 1. The third kappa shape index (κ3) is 5.67. The predicted molar refractivity (Wildman–Crippen MR) is 46.7 cm³/mol. The van der Waals surface area contributed by atoms with Gasteiger partial charge in [-0.1, -0.05) is 6.42 Å². The summed E-state index contributed by atoms with van der Waals surface area (Å²) in [6.07, 6.45) is 6.65. The molecule has 0 amide bonds. The summed E-state index contributed by atoms with van der Waals surface area (Å²) in [6.45, 7) is 3.50. The van der Waals surface area contributed by atoms with Crippen molar-refractivity contribution in [1.82, 2.24) is 0 Å². The second-order valence-electron chi connectivity index (χ2n) is 1.79. The number of phosphoric ester groups is 1. The maximum absolute atomic E-state index is 11.5. The number of terminal acetylenes is 1. The lowest BCUT2D eigenvalue weighted by molar-refractivity contribution is 0.0396. The molecule has 0 aliphatic rings. The smallest absolute Gasteiger partial charge is 0.417 e. The largest absolute Gasteiger partial charge is 0.477 e. The average Bonchev–Trinajstić information content (AvgIpc) is 2.05. The first-order chi connectivity index (χ1) is 6.18. The Labute approximate surface area is 77.9 Å². The van der Waals surface area contributed by atoms with E-state index < -0.39 is 7.82 Å². The molecule has 0 fully saturated rings. The third-order valence-corrected chi connectivity index (χ3v) is 2.50. The zero-order valence-corrected chi connectivity index (χ0v) is 8.58. The molecule has 0 spiro atoms. The lowest BCUT2D eigenvalue weighted by Gasteiger charge is -2.14. The molecule has 0 saturated heterocycles. The highest BCUT2D eigenvalue weighted by Gasteiger charge is 2.25. The van der Waals surface area contributed by atoms with Gasteiger partial charge in [0.15, 0.2) is 0 Å². The minimum Gasteiger partial charge on any atom is -0.417 e. The van der Waals surface area contributed by atoms with E-state index in [0.29, 0.717) is 0 Å². The summed E-state index contributed by atoms with van der Waals surface area (Å²) in [5.41, 5.74) is 0. The molecule has 0 unspecified atom stereocenters. The van der Waals surface area contributed by atoms with Crippen LogP contribution in [0.2, 0.25) is 0 Å². The summed E-state index contributed by atoms with van der Waals surface area (Å²) >= 11 is 0. The normalized spacial score (nSPS) is 10.8. The van der Waals surface area contributed by atoms with Gasteiger partial charge in [0.05, 0.1) is 13.2 Å². The molecule has 0 bridgehead atoms. The summed E-state index contributed by atoms with van der Waals surface area (Å²) in [4.78, 5) is 0. The van der Waals surface area contributed by atoms with Gasteiger partial charge in [-0.3, -0.25) is 9.05 Å². The van der Waals surface area contributed by atoms with Crippen molar-refractivity contribution < 1.29 is 22.9 Å². The van der Waals surface area contributed by atoms with Gasteiger partial charge in [0.1, 0.15) is 6.11 Å². The highest BCUT2D eigenvalue weighted by molar-refractivity contribution is 7.48. The van der Waals surface area contributed by atoms with E-state index in [-0.39, 0.29) is 20.0 Å². The van der Waals surface area contributed by atoms with Crippen molar-refractivity contribution in [2.75, 3.05) is 20.0 Å². The molecular formula is C7H13O5P. The zero-order valence-electron chi connectivity index (χ0n) is 7.69. The van der Waals surface area contributed by atoms with Crippen LogP contribution in [0.4, 0.5) is 0 Å². The van der Waals surface area contributed by atoms with Gasteiger partial charge in [-0.2, -0.15) is 0 Å². The van der Waals surface area contributed by atoms with Crippen LogP contribution in [0.15, 0.2) is 0 Å². The molecule has 13 heavy (non-hydrogen) atoms. The number of hydrogen-bond donors (Lipinski definition) is 0. The number of hydrogen-bond acceptors (Lipinski definition) is 5. The van der Waals surface area contributed by atoms with Gasteiger partial charge in [-0.05, 0) is 13.8 Å². The van der Waals surface area contributed by atoms with Crippen molar-refractivity contribution >= 4 is 7.82 Å². The average molecular weight is 208 g/mol. The maximum atomic E-state index is 11.5. The topological polar surface area (TPSA) is 54.0 Å². The van der Waals surface area contributed by atoms with Crippen molar-refractivity contribution in [2.45, 2.75) is 13.8 Å². The molecule has 0 aromatic heterocycles. The van der Waals surface area contributed by atoms with E-state index in [1.807, 2.05) is 6.11 Å². The second kappa shape index (κ2) is 6.93. The summed E-state index contributed by atoms with van der Waals surface area (Å²) in [5.74, 6) is 0.